The molecule has 0 unspecified atom stereocenters. The van der Waals surface area contributed by atoms with Crippen LogP contribution in [-0.2, 0) is 79.1 Å². The minimum atomic E-state index is -1.77. The largest absolute Gasteiger partial charge is 0.508 e. The van der Waals surface area contributed by atoms with Crippen LogP contribution < -0.4 is 157 Å². The molecule has 6 rings (SSSR count). The summed E-state index contributed by atoms with van der Waals surface area (Å²) in [6.45, 7) is -0.894. The van der Waals surface area contributed by atoms with Crippen LogP contribution in [0.25, 0.3) is 0 Å². The number of phenols is 3. The summed E-state index contributed by atoms with van der Waals surface area (Å²) in [4.78, 5) is 213. The standard InChI is InChI=1S/C89H136N34O20/c1-105-88(104)112-40-11-19-63(79(138)121-62(18-10-39-111-87(102)103)80(139)123-64(30-31-68(92)127)81(140)122-61(17-9-38-110-86(100)101)78(137)119-60(16-8-37-109-85(98)99)75(134)116-56(71(93)130)14-6-35-107-83(94)95)120-77(136)59(13-3-5-34-91)118-76(135)58(12-2-4-33-90)117-74(133)57(15-7-36-108-84(96)97)114-70(129)46-113-73(132)65(42-47-20-23-49(124)24-21-47)115-69(128)32-41-106-72(131)48-22-27-52-55(43-48)89(143-82(52)141)53-28-25-50(125)44-66(53)142-67-45-51(126)26-29-54(67)89/h20-29,43-45,56-65,124-126H,2-19,30-42,46,90-91H2,1H3,(H2,92,127)(H2,93,130)(H,106,131)(H,113,132)(H,114,129)(H,115,128)(H,116,134)(H,117,133)(H,118,135)(H,119,137)(H,120,136)(H,121,138)(H,122,140)(H,123,139)(H4,94,95,107)(H4,96,97,108)(H4,98,99,109)(H4,100,101,110)(H4,102,103,111)(H3,104,105,112)/t56-,57-,58-,59-,60-,61-,62-,63-,64-,65-/m0/s1. The molecule has 10 atom stereocenters. The number of hydrogen-bond acceptors (Lipinski definition) is 28. The first-order chi connectivity index (χ1) is 68.1. The number of nitrogens with two attached hydrogens (primary N) is 9. The molecule has 0 aliphatic carbocycles. The molecule has 0 saturated carbocycles. The highest BCUT2D eigenvalue weighted by molar-refractivity contribution is 6.03. The molecule has 143 heavy (non-hydrogen) atoms. The average Bonchev–Trinajstić information content (AvgIpc) is 1.56. The van der Waals surface area contributed by atoms with Crippen LogP contribution in [0.3, 0.4) is 0 Å². The minimum Gasteiger partial charge on any atom is -0.508 e. The fourth-order valence-electron chi connectivity index (χ4n) is 15.3. The molecule has 2 aliphatic rings. The van der Waals surface area contributed by atoms with Crippen LogP contribution in [0, 0.1) is 32.5 Å². The van der Waals surface area contributed by atoms with E-state index in [0.29, 0.717) is 29.5 Å². The number of nitrogens with one attached hydrogen (secondary N) is 25. The Morgan fingerprint density at radius 1 is 0.350 bits per heavy atom. The number of guanidine groups is 6. The van der Waals surface area contributed by atoms with Gasteiger partial charge in [-0.2, -0.15) is 0 Å². The molecule has 4 aromatic rings. The number of phenolic OH excluding ortho intramolecular Hbond substituents is 3. The normalized spacial score (nSPS) is 13.8. The minimum absolute atomic E-state index is 0.000193. The molecule has 0 saturated heterocycles. The van der Waals surface area contributed by atoms with Crippen LogP contribution in [0.15, 0.2) is 78.9 Å². The average molecular weight is 2000 g/mol. The number of fused-ring (bicyclic) bond motifs is 6. The van der Waals surface area contributed by atoms with E-state index in [9.17, 15) is 77.6 Å². The number of hydrogen-bond donors (Lipinski definition) is 37. The predicted molar refractivity (Wildman–Crippen MR) is 522 cm³/mol. The van der Waals surface area contributed by atoms with Gasteiger partial charge < -0.3 is 177 Å². The summed E-state index contributed by atoms with van der Waals surface area (Å²) in [5.74, 6) is -16.6. The number of amides is 14. The number of esters is 1. The molecule has 0 fully saturated rings. The first-order valence-electron chi connectivity index (χ1n) is 46.5. The molecule has 0 bridgehead atoms. The van der Waals surface area contributed by atoms with Gasteiger partial charge in [0.05, 0.1) is 12.1 Å². The Kier molecular flexibility index (Phi) is 47.8. The molecule has 0 radical (unpaired) electrons. The van der Waals surface area contributed by atoms with Crippen molar-refractivity contribution in [2.75, 3.05) is 72.5 Å². The van der Waals surface area contributed by atoms with Crippen LogP contribution in [0.4, 0.5) is 0 Å². The van der Waals surface area contributed by atoms with E-state index in [2.05, 4.69) is 101 Å². The summed E-state index contributed by atoms with van der Waals surface area (Å²) < 4.78 is 12.2. The summed E-state index contributed by atoms with van der Waals surface area (Å²) >= 11 is 0. The number of unbranched alkanes of at least 4 members (excludes halogenated alkanes) is 2. The van der Waals surface area contributed by atoms with Crippen LogP contribution in [-0.4, -0.2) is 273 Å². The smallest absolute Gasteiger partial charge is 0.340 e. The Morgan fingerprint density at radius 2 is 0.699 bits per heavy atom. The van der Waals surface area contributed by atoms with Crippen molar-refractivity contribution in [1.29, 1.82) is 32.5 Å². The molecule has 0 aromatic heterocycles. The molecule has 54 heteroatoms. The molecule has 2 heterocycles. The van der Waals surface area contributed by atoms with E-state index in [1.54, 1.807) is 0 Å². The Hall–Kier alpha value is -16.3. The summed E-state index contributed by atoms with van der Waals surface area (Å²) in [5, 5.41) is 127. The predicted octanol–water partition coefficient (Wildman–Crippen LogP) is -7.45. The van der Waals surface area contributed by atoms with Crippen molar-refractivity contribution in [2.45, 2.75) is 207 Å². The lowest BCUT2D eigenvalue weighted by Crippen LogP contribution is -2.60. The van der Waals surface area contributed by atoms with Gasteiger partial charge in [-0.3, -0.25) is 99.6 Å². The Balaban J connectivity index is 1.22. The second-order valence-electron chi connectivity index (χ2n) is 33.7. The number of carbonyl (C=O) groups is 15. The molecule has 1 spiro atoms. The van der Waals surface area contributed by atoms with Gasteiger partial charge in [0, 0.05) is 107 Å². The van der Waals surface area contributed by atoms with E-state index < -0.39 is 204 Å². The molecular weight excluding hydrogens is 1870 g/mol. The zero-order valence-electron chi connectivity index (χ0n) is 79.4. The number of benzene rings is 4. The van der Waals surface area contributed by atoms with Crippen LogP contribution in [0.1, 0.15) is 178 Å². The third-order valence-corrected chi connectivity index (χ3v) is 22.6. The molecule has 4 aromatic carbocycles. The lowest BCUT2D eigenvalue weighted by molar-refractivity contribution is -0.136. The maximum Gasteiger partial charge on any atom is 0.340 e. The fraction of sp³-hybridized carbons (Fsp3) is 0.494. The zero-order chi connectivity index (χ0) is 105. The zero-order valence-corrected chi connectivity index (χ0v) is 79.4. The highest BCUT2D eigenvalue weighted by Gasteiger charge is 2.54. The first kappa shape index (κ1) is 115. The van der Waals surface area contributed by atoms with Gasteiger partial charge in [0.1, 0.15) is 89.2 Å². The summed E-state index contributed by atoms with van der Waals surface area (Å²) in [6, 6.07) is 2.73. The van der Waals surface area contributed by atoms with Crippen molar-refractivity contribution in [3.8, 4) is 28.7 Å². The van der Waals surface area contributed by atoms with Crippen LogP contribution in [0.5, 0.6) is 28.7 Å². The Morgan fingerprint density at radius 3 is 1.07 bits per heavy atom. The number of ether oxygens (including phenoxy) is 2. The second kappa shape index (κ2) is 59.2. The van der Waals surface area contributed by atoms with E-state index in [-0.39, 0.29) is 225 Å². The van der Waals surface area contributed by atoms with Crippen molar-refractivity contribution in [3.05, 3.63) is 112 Å². The molecular formula is C89H136N34O20. The third-order valence-electron chi connectivity index (χ3n) is 22.6. The van der Waals surface area contributed by atoms with Gasteiger partial charge >= 0.3 is 5.97 Å². The van der Waals surface area contributed by atoms with Gasteiger partial charge in [-0.25, -0.2) is 4.79 Å². The summed E-state index contributed by atoms with van der Waals surface area (Å²) in [7, 11) is 1.46. The molecule has 46 N–H and O–H groups in total. The summed E-state index contributed by atoms with van der Waals surface area (Å²) in [5.41, 5.74) is 50.3. The number of aromatic hydroxyl groups is 3. The second-order valence-corrected chi connectivity index (χ2v) is 33.7. The Labute approximate surface area is 823 Å². The van der Waals surface area contributed by atoms with E-state index >= 15 is 9.59 Å². The molecule has 782 valence electrons. The summed E-state index contributed by atoms with van der Waals surface area (Å²) in [6.07, 6.45) is -2.01. The van der Waals surface area contributed by atoms with Gasteiger partial charge in [-0.1, -0.05) is 12.1 Å². The van der Waals surface area contributed by atoms with E-state index in [4.69, 9.17) is 93.5 Å². The number of carbonyl (C=O) groups excluding carboxylic acids is 15. The van der Waals surface area contributed by atoms with E-state index in [1.807, 2.05) is 0 Å². The van der Waals surface area contributed by atoms with Crippen LogP contribution in [0.2, 0.25) is 0 Å². The quantitative estimate of drug-likeness (QED) is 0.00845. The SMILES string of the molecule is CNC(=N)NCCC[C@H](NC(=O)[C@H](CCCCN)NC(=O)[C@H](CCCCN)NC(=O)[C@H](CCCNC(=N)N)NC(=O)CNC(=O)[C@H](Cc1ccc(O)cc1)NC(=O)CCNC(=O)c1ccc2c(c1)C1(OC2=O)c2ccc(O)cc2Oc2cc(O)ccc21)C(=O)N[C@@H](CCCNC(=N)N)C(=O)N[C@@H](CCC(N)=O)C(=O)N[C@@H](CCCNC(=N)N)C(=O)N[C@@H](CCCNC(=N)N)C(=O)N[C@@H](CCCNC(=N)N)C(N)=O. The maximum absolute atomic E-state index is 15.1. The molecule has 14 amide bonds. The van der Waals surface area contributed by atoms with Crippen molar-refractivity contribution in [3.63, 3.8) is 0 Å². The number of rotatable bonds is 63. The van der Waals surface area contributed by atoms with E-state index in [0.717, 1.165) is 0 Å². The van der Waals surface area contributed by atoms with Crippen molar-refractivity contribution in [1.82, 2.24) is 101 Å². The lowest BCUT2D eigenvalue weighted by Gasteiger charge is -2.36. The highest BCUT2D eigenvalue weighted by atomic mass is 16.6. The first-order valence-corrected chi connectivity index (χ1v) is 46.5. The van der Waals surface area contributed by atoms with Gasteiger partial charge in [0.25, 0.3) is 5.91 Å². The van der Waals surface area contributed by atoms with Gasteiger partial charge in [-0.05, 0) is 195 Å². The van der Waals surface area contributed by atoms with Crippen LogP contribution >= 0.6 is 0 Å². The topological polar surface area (TPSA) is 941 Å². The van der Waals surface area contributed by atoms with E-state index in [1.165, 1.54) is 85.9 Å². The third kappa shape index (κ3) is 39.1. The van der Waals surface area contributed by atoms with Crippen molar-refractivity contribution >= 4 is 124 Å². The van der Waals surface area contributed by atoms with Crippen molar-refractivity contribution in [2.24, 2.45) is 51.6 Å². The van der Waals surface area contributed by atoms with Gasteiger partial charge in [0.2, 0.25) is 76.8 Å². The lowest BCUT2D eigenvalue weighted by atomic mass is 9.77. The van der Waals surface area contributed by atoms with Crippen molar-refractivity contribution < 1.29 is 96.7 Å². The fourth-order valence-corrected chi connectivity index (χ4v) is 15.3. The number of primary amides is 2. The van der Waals surface area contributed by atoms with Gasteiger partial charge in [0.15, 0.2) is 41.4 Å². The molecule has 2 aliphatic heterocycles. The highest BCUT2D eigenvalue weighted by Crippen LogP contribution is 2.57. The molecule has 54 nitrogen and oxygen atoms in total. The maximum atomic E-state index is 15.1. The monoisotopic (exact) mass is 2000 g/mol. The Bertz CT molecular complexity index is 5110. The van der Waals surface area contributed by atoms with Gasteiger partial charge in [-0.15, -0.1) is 0 Å².